The molecule has 0 aromatic carbocycles. The fourth-order valence-electron chi connectivity index (χ4n) is 2.39. The molecule has 1 aliphatic carbocycles. The van der Waals surface area contributed by atoms with Crippen LogP contribution in [0.2, 0.25) is 0 Å². The summed E-state index contributed by atoms with van der Waals surface area (Å²) in [7, 11) is -1.07. The lowest BCUT2D eigenvalue weighted by Gasteiger charge is -2.27. The lowest BCUT2D eigenvalue weighted by Crippen LogP contribution is -2.35. The van der Waals surface area contributed by atoms with Gasteiger partial charge in [-0.05, 0) is 31.6 Å². The molecule has 1 aliphatic heterocycles. The Hall–Kier alpha value is 0.190. The van der Waals surface area contributed by atoms with E-state index in [1.165, 1.54) is 0 Å². The Labute approximate surface area is 94.3 Å². The van der Waals surface area contributed by atoms with Crippen molar-refractivity contribution in [3.05, 3.63) is 0 Å². The first-order valence-electron chi connectivity index (χ1n) is 4.91. The number of sulfone groups is 1. The van der Waals surface area contributed by atoms with Crippen LogP contribution >= 0.6 is 10.7 Å². The summed E-state index contributed by atoms with van der Waals surface area (Å²) >= 11 is 0. The molecule has 7 heteroatoms. The van der Waals surface area contributed by atoms with Gasteiger partial charge in [0, 0.05) is 10.7 Å². The third kappa shape index (κ3) is 2.03. The zero-order chi connectivity index (χ0) is 11.3. The van der Waals surface area contributed by atoms with E-state index in [9.17, 15) is 16.8 Å². The topological polar surface area (TPSA) is 68.3 Å². The SMILES string of the molecule is O=S1(=O)CCC(C2(S(=O)(=O)Cl)CC2)CC1. The van der Waals surface area contributed by atoms with Crippen molar-refractivity contribution in [3.63, 3.8) is 0 Å². The molecule has 88 valence electrons. The second-order valence-electron chi connectivity index (χ2n) is 4.43. The van der Waals surface area contributed by atoms with Crippen LogP contribution in [-0.2, 0) is 18.9 Å². The summed E-state index contributed by atoms with van der Waals surface area (Å²) in [4.78, 5) is 0. The first kappa shape index (κ1) is 11.7. The summed E-state index contributed by atoms with van der Waals surface area (Å²) < 4.78 is 44.4. The van der Waals surface area contributed by atoms with Gasteiger partial charge in [-0.25, -0.2) is 16.8 Å². The van der Waals surface area contributed by atoms with Gasteiger partial charge in [0.15, 0.2) is 0 Å². The normalized spacial score (nSPS) is 29.9. The first-order chi connectivity index (χ1) is 6.77. The average Bonchev–Trinajstić information content (AvgIpc) is 2.83. The lowest BCUT2D eigenvalue weighted by molar-refractivity contribution is 0.423. The molecule has 1 saturated carbocycles. The van der Waals surface area contributed by atoms with Gasteiger partial charge in [-0.2, -0.15) is 0 Å². The summed E-state index contributed by atoms with van der Waals surface area (Å²) in [5, 5.41) is 0. The molecular formula is C8H13ClO4S2. The smallest absolute Gasteiger partial charge is 0.229 e. The van der Waals surface area contributed by atoms with E-state index in [1.54, 1.807) is 0 Å². The van der Waals surface area contributed by atoms with Crippen LogP contribution in [0, 0.1) is 5.92 Å². The zero-order valence-corrected chi connectivity index (χ0v) is 10.5. The van der Waals surface area contributed by atoms with E-state index in [0.717, 1.165) is 0 Å². The van der Waals surface area contributed by atoms with E-state index < -0.39 is 23.6 Å². The Morgan fingerprint density at radius 1 is 1.13 bits per heavy atom. The van der Waals surface area contributed by atoms with Crippen LogP contribution in [0.15, 0.2) is 0 Å². The molecule has 2 aliphatic rings. The molecule has 0 aromatic heterocycles. The first-order valence-corrected chi connectivity index (χ1v) is 9.05. The molecule has 2 fully saturated rings. The summed E-state index contributed by atoms with van der Waals surface area (Å²) in [5.74, 6) is 0.140. The maximum Gasteiger partial charge on any atom is 0.238 e. The zero-order valence-electron chi connectivity index (χ0n) is 8.15. The fraction of sp³-hybridized carbons (Fsp3) is 1.00. The van der Waals surface area contributed by atoms with Gasteiger partial charge < -0.3 is 0 Å². The van der Waals surface area contributed by atoms with Crippen molar-refractivity contribution in [3.8, 4) is 0 Å². The predicted molar refractivity (Wildman–Crippen MR) is 58.1 cm³/mol. The van der Waals surface area contributed by atoms with E-state index in [1.807, 2.05) is 0 Å². The molecule has 1 saturated heterocycles. The highest BCUT2D eigenvalue weighted by molar-refractivity contribution is 8.15. The van der Waals surface area contributed by atoms with E-state index in [4.69, 9.17) is 10.7 Å². The summed E-state index contributed by atoms with van der Waals surface area (Å²) in [6.07, 6.45) is 2.05. The Kier molecular flexibility index (Phi) is 2.60. The third-order valence-electron chi connectivity index (χ3n) is 3.53. The van der Waals surface area contributed by atoms with Crippen molar-refractivity contribution in [2.24, 2.45) is 5.92 Å². The average molecular weight is 273 g/mol. The molecule has 4 nitrogen and oxygen atoms in total. The van der Waals surface area contributed by atoms with Crippen LogP contribution in [0.25, 0.3) is 0 Å². The quantitative estimate of drug-likeness (QED) is 0.701. The Bertz CT molecular complexity index is 447. The van der Waals surface area contributed by atoms with Crippen molar-refractivity contribution in [1.82, 2.24) is 0 Å². The minimum Gasteiger partial charge on any atom is -0.229 e. The van der Waals surface area contributed by atoms with Crippen molar-refractivity contribution in [2.75, 3.05) is 11.5 Å². The highest BCUT2D eigenvalue weighted by Crippen LogP contribution is 2.54. The summed E-state index contributed by atoms with van der Waals surface area (Å²) in [5.41, 5.74) is 0. The third-order valence-corrected chi connectivity index (χ3v) is 7.88. The van der Waals surface area contributed by atoms with Gasteiger partial charge >= 0.3 is 0 Å². The fourth-order valence-corrected chi connectivity index (χ4v) is 5.95. The van der Waals surface area contributed by atoms with E-state index in [2.05, 4.69) is 0 Å². The number of halogens is 1. The molecule has 0 unspecified atom stereocenters. The summed E-state index contributed by atoms with van der Waals surface area (Å²) in [6.45, 7) is 0. The molecule has 0 aromatic rings. The van der Waals surface area contributed by atoms with E-state index in [0.29, 0.717) is 25.7 Å². The monoisotopic (exact) mass is 272 g/mol. The Balaban J connectivity index is 2.16. The van der Waals surface area contributed by atoms with E-state index >= 15 is 0 Å². The van der Waals surface area contributed by atoms with Gasteiger partial charge in [0.25, 0.3) is 0 Å². The second-order valence-corrected chi connectivity index (χ2v) is 9.64. The van der Waals surface area contributed by atoms with Crippen molar-refractivity contribution >= 4 is 29.6 Å². The summed E-state index contributed by atoms with van der Waals surface area (Å²) in [6, 6.07) is 0. The van der Waals surface area contributed by atoms with Crippen molar-refractivity contribution < 1.29 is 16.8 Å². The highest BCUT2D eigenvalue weighted by Gasteiger charge is 2.59. The van der Waals surface area contributed by atoms with Gasteiger partial charge in [0.1, 0.15) is 9.84 Å². The van der Waals surface area contributed by atoms with Crippen LogP contribution in [0.3, 0.4) is 0 Å². The predicted octanol–water partition coefficient (Wildman–Crippen LogP) is 0.912. The van der Waals surface area contributed by atoms with Crippen LogP contribution in [0.5, 0.6) is 0 Å². The van der Waals surface area contributed by atoms with Gasteiger partial charge in [-0.3, -0.25) is 0 Å². The minimum absolute atomic E-state index is 0.0662. The van der Waals surface area contributed by atoms with Crippen LogP contribution in [0.4, 0.5) is 0 Å². The number of hydrogen-bond acceptors (Lipinski definition) is 4. The maximum atomic E-state index is 11.4. The molecule has 0 atom stereocenters. The van der Waals surface area contributed by atoms with Gasteiger partial charge in [0.05, 0.1) is 16.3 Å². The Morgan fingerprint density at radius 2 is 1.60 bits per heavy atom. The number of hydrogen-bond donors (Lipinski definition) is 0. The molecule has 0 spiro atoms. The maximum absolute atomic E-state index is 11.4. The molecule has 1 heterocycles. The molecule has 0 radical (unpaired) electrons. The van der Waals surface area contributed by atoms with Gasteiger partial charge in [-0.1, -0.05) is 0 Å². The molecule has 0 N–H and O–H groups in total. The van der Waals surface area contributed by atoms with E-state index in [-0.39, 0.29) is 17.4 Å². The minimum atomic E-state index is -3.55. The molecular weight excluding hydrogens is 260 g/mol. The molecule has 2 rings (SSSR count). The molecule has 0 amide bonds. The second kappa shape index (κ2) is 3.34. The van der Waals surface area contributed by atoms with Crippen LogP contribution in [-0.4, -0.2) is 33.1 Å². The highest BCUT2D eigenvalue weighted by atomic mass is 35.7. The largest absolute Gasteiger partial charge is 0.238 e. The molecule has 0 bridgehead atoms. The van der Waals surface area contributed by atoms with Gasteiger partial charge in [-0.15, -0.1) is 0 Å². The standard InChI is InChI=1S/C8H13ClO4S2/c9-15(12,13)8(3-4-8)7-1-5-14(10,11)6-2-7/h7H,1-6H2. The van der Waals surface area contributed by atoms with Crippen molar-refractivity contribution in [2.45, 2.75) is 30.4 Å². The Morgan fingerprint density at radius 3 is 1.93 bits per heavy atom. The van der Waals surface area contributed by atoms with Crippen LogP contribution in [0.1, 0.15) is 25.7 Å². The molecule has 15 heavy (non-hydrogen) atoms. The van der Waals surface area contributed by atoms with Gasteiger partial charge in [0.2, 0.25) is 9.05 Å². The van der Waals surface area contributed by atoms with Crippen molar-refractivity contribution in [1.29, 1.82) is 0 Å². The van der Waals surface area contributed by atoms with Crippen LogP contribution < -0.4 is 0 Å². The lowest BCUT2D eigenvalue weighted by atomic mass is 9.97. The number of rotatable bonds is 2.